The number of aliphatic hydroxyl groups excluding tert-OH is 40. The number of ketones is 20. The van der Waals surface area contributed by atoms with E-state index in [-0.39, 0.29) is 13.8 Å². The van der Waals surface area contributed by atoms with E-state index in [2.05, 4.69) is 0 Å². The van der Waals surface area contributed by atoms with Crippen LogP contribution in [0.1, 0.15) is 39.5 Å². The molecule has 0 spiro atoms. The van der Waals surface area contributed by atoms with Crippen molar-refractivity contribution >= 4 is 116 Å². The zero-order valence-corrected chi connectivity index (χ0v) is 72.0. The Balaban J connectivity index is 17.9. The van der Waals surface area contributed by atoms with Gasteiger partial charge >= 0.3 is 0 Å². The maximum absolute atomic E-state index is 18.3. The van der Waals surface area contributed by atoms with E-state index < -0.39 is 450 Å². The Kier molecular flexibility index (Phi) is 49.8. The maximum Gasteiger partial charge on any atom is 0.212 e. The fourth-order valence-corrected chi connectivity index (χ4v) is 17.9. The molecule has 0 saturated heterocycles. The Hall–Kier alpha value is -8.24. The Morgan fingerprint density at radius 3 is 0.358 bits per heavy atom. The first-order valence-corrected chi connectivity index (χ1v) is 40.0. The van der Waals surface area contributed by atoms with Crippen LogP contribution in [0.15, 0.2) is 0 Å². The van der Waals surface area contributed by atoms with E-state index in [1.165, 1.54) is 0 Å². The highest BCUT2D eigenvalue weighted by Crippen LogP contribution is 2.75. The van der Waals surface area contributed by atoms with E-state index in [0.29, 0.717) is 0 Å². The minimum atomic E-state index is -8.57. The minimum absolute atomic E-state index is 0.230. The number of rotatable bonds is 74. The Labute approximate surface area is 766 Å². The minimum Gasteiger partial charge on any atom is -0.393 e. The van der Waals surface area contributed by atoms with E-state index in [1.807, 2.05) is 0 Å². The lowest BCUT2D eigenvalue weighted by atomic mass is 9.29. The number of aliphatic hydroxyl groups is 40. The summed E-state index contributed by atoms with van der Waals surface area (Å²) in [5, 5.41) is 479. The van der Waals surface area contributed by atoms with Crippen molar-refractivity contribution in [1.29, 1.82) is 0 Å². The van der Waals surface area contributed by atoms with Crippen LogP contribution in [-0.4, -0.2) is 585 Å². The predicted molar refractivity (Wildman–Crippen MR) is 418 cm³/mol. The molecule has 0 aromatic carbocycles. The molecule has 0 saturated carbocycles. The van der Waals surface area contributed by atoms with Crippen LogP contribution in [0.5, 0.6) is 0 Å². The van der Waals surface area contributed by atoms with Crippen LogP contribution in [0.2, 0.25) is 0 Å². The fourth-order valence-electron chi connectivity index (χ4n) is 17.9. The zero-order valence-electron chi connectivity index (χ0n) is 72.0. The van der Waals surface area contributed by atoms with Gasteiger partial charge in [-0.3, -0.25) is 95.9 Å². The highest BCUT2D eigenvalue weighted by atomic mass is 16.6. The van der Waals surface area contributed by atoms with E-state index in [1.54, 1.807) is 0 Å². The van der Waals surface area contributed by atoms with Crippen LogP contribution in [0.25, 0.3) is 0 Å². The van der Waals surface area contributed by atoms with E-state index >= 15 is 95.9 Å². The molecule has 0 aliphatic carbocycles. The molecule has 61 heteroatoms. The van der Waals surface area contributed by atoms with Crippen molar-refractivity contribution in [2.24, 2.45) is 43.3 Å². The van der Waals surface area contributed by atoms with Crippen molar-refractivity contribution in [3.63, 3.8) is 0 Å². The largest absolute Gasteiger partial charge is 0.393 e. The number of carbonyl (C=O) groups excluding carboxylic acids is 20. The van der Waals surface area contributed by atoms with Gasteiger partial charge in [0.1, 0.15) is 155 Å². The Morgan fingerprint density at radius 1 is 0.153 bits per heavy atom. The molecule has 20 atom stereocenters. The lowest BCUT2D eigenvalue weighted by Gasteiger charge is -2.67. The Morgan fingerprint density at radius 2 is 0.248 bits per heavy atom. The first-order valence-electron chi connectivity index (χ1n) is 40.0. The summed E-state index contributed by atoms with van der Waals surface area (Å²) in [6, 6.07) is 0. The maximum atomic E-state index is 18.3. The molecule has 0 radical (unpaired) electrons. The van der Waals surface area contributed by atoms with Crippen molar-refractivity contribution < 1.29 is 305 Å². The second-order valence-corrected chi connectivity index (χ2v) is 30.5. The standard InChI is InChI=1S/C76H114O61/c1-3-5-67(47(117)27(97)7-77,48(118)28(98)8-78)69(51(121)31(101)11-81,52(122)32(102)12-82)71(55(125)35(105)15-85,56(126)36(106)16-86)73(59(129)39(109)19-89,60(130)40(110)20-90)75(63(133)43(113)23-93,64(134)44(114)24-94)137-76(65(135)45(115)25-95,66(136)46(116)26-96)74(61(131)41(111)21-91,62(132)42(112)22-92)72(57(127)37(107)17-87,58(128)38(108)18-88)70(53(123)33(103)13-83,54(124)34(104)14-84)68(6-4-2,49(119)29(99)9-79)50(120)30(100)10-80/h27-46,77-116H,3-26H2,1-2H3. The lowest BCUT2D eigenvalue weighted by Crippen LogP contribution is -2.93. The number of hydrogen-bond donors (Lipinski definition) is 40. The zero-order chi connectivity index (χ0) is 108. The third kappa shape index (κ3) is 20.0. The molecule has 0 fully saturated rings. The number of Topliss-reactive ketones (excluding diaryl/α,β-unsaturated/α-hetero) is 20. The third-order valence-electron chi connectivity index (χ3n) is 23.2. The smallest absolute Gasteiger partial charge is 0.212 e. The third-order valence-corrected chi connectivity index (χ3v) is 23.2. The number of carbonyl (C=O) groups is 20. The quantitative estimate of drug-likeness (QED) is 0.0251. The normalized spacial score (nSPS) is 20.9. The van der Waals surface area contributed by atoms with Crippen LogP contribution >= 0.6 is 0 Å². The number of hydrogen-bond acceptors (Lipinski definition) is 61. The Bertz CT molecular complexity index is 3820. The molecular weight excluding hydrogens is 1890 g/mol. The SMILES string of the molecule is CCCC(C(=O)C(O)CO)(C(=O)C(O)CO)C(C(=O)C(O)CO)(C(=O)C(O)CO)C(C(=O)C(O)CO)(C(=O)C(O)CO)C(C(=O)C(O)CO)(C(=O)C(O)CO)C(OC(C(=O)C(O)CO)(C(=O)C(O)CO)C(C(=O)C(O)CO)(C(=O)C(O)CO)C(C(=O)C(O)CO)(C(=O)C(O)CO)C(C(=O)C(O)CO)(C(=O)C(O)CO)C(CCC)(C(=O)C(O)CO)C(=O)C(O)CO)(C(=O)C(O)CO)C(=O)C(O)CO. The van der Waals surface area contributed by atoms with Crippen molar-refractivity contribution in [2.45, 2.75) is 173 Å². The second kappa shape index (κ2) is 53.0. The van der Waals surface area contributed by atoms with Crippen molar-refractivity contribution in [2.75, 3.05) is 132 Å². The molecule has 0 aliphatic heterocycles. The van der Waals surface area contributed by atoms with E-state index in [0.717, 1.165) is 0 Å². The van der Waals surface area contributed by atoms with Crippen LogP contribution in [0.3, 0.4) is 0 Å². The topological polar surface area (TPSA) is 1160 Å². The van der Waals surface area contributed by atoms with Crippen LogP contribution in [0, 0.1) is 43.3 Å². The van der Waals surface area contributed by atoms with Gasteiger partial charge in [-0.1, -0.05) is 26.7 Å². The van der Waals surface area contributed by atoms with Gasteiger partial charge in [-0.15, -0.1) is 0 Å². The molecule has 20 unspecified atom stereocenters. The summed E-state index contributed by atoms with van der Waals surface area (Å²) in [6.07, 6.45) is -111. The van der Waals surface area contributed by atoms with Crippen molar-refractivity contribution in [1.82, 2.24) is 0 Å². The monoisotopic (exact) mass is 2000 g/mol. The first-order chi connectivity index (χ1) is 63.7. The summed E-state index contributed by atoms with van der Waals surface area (Å²) >= 11 is 0. The van der Waals surface area contributed by atoms with Gasteiger partial charge < -0.3 is 209 Å². The second-order valence-electron chi connectivity index (χ2n) is 30.5. The summed E-state index contributed by atoms with van der Waals surface area (Å²) in [4.78, 5) is 355. The summed E-state index contributed by atoms with van der Waals surface area (Å²) in [7, 11) is 0. The highest BCUT2D eigenvalue weighted by Gasteiger charge is 2.99. The molecule has 0 aromatic rings. The molecule has 0 amide bonds. The van der Waals surface area contributed by atoms with Gasteiger partial charge in [-0.25, -0.2) is 0 Å². The van der Waals surface area contributed by atoms with E-state index in [4.69, 9.17) is 4.74 Å². The lowest BCUT2D eigenvalue weighted by molar-refractivity contribution is -0.272. The van der Waals surface area contributed by atoms with Gasteiger partial charge in [0.25, 0.3) is 0 Å². The fraction of sp³-hybridized carbons (Fsp3) is 0.737. The van der Waals surface area contributed by atoms with Gasteiger partial charge in [-0.05, 0) is 12.8 Å². The summed E-state index contributed by atoms with van der Waals surface area (Å²) in [5.74, 6) is -90.1. The van der Waals surface area contributed by atoms with Gasteiger partial charge in [0.2, 0.25) is 34.3 Å². The number of ether oxygens (including phenoxy) is 1. The van der Waals surface area contributed by atoms with Crippen molar-refractivity contribution in [3.8, 4) is 0 Å². The predicted octanol–water partition coefficient (Wildman–Crippen LogP) is -29.6. The molecular formula is C76H114O61. The molecule has 784 valence electrons. The molecule has 137 heavy (non-hydrogen) atoms. The molecule has 0 bridgehead atoms. The summed E-state index contributed by atoms with van der Waals surface area (Å²) < 4.78 is 5.83. The molecule has 0 aromatic heterocycles. The van der Waals surface area contributed by atoms with Crippen LogP contribution in [0.4, 0.5) is 0 Å². The molecule has 40 N–H and O–H groups in total. The van der Waals surface area contributed by atoms with Crippen molar-refractivity contribution in [3.05, 3.63) is 0 Å². The van der Waals surface area contributed by atoms with Gasteiger partial charge in [-0.2, -0.15) is 0 Å². The average molecular weight is 2000 g/mol. The molecule has 61 nitrogen and oxygen atoms in total. The first kappa shape index (κ1) is 129. The van der Waals surface area contributed by atoms with Gasteiger partial charge in [0, 0.05) is 0 Å². The van der Waals surface area contributed by atoms with Crippen LogP contribution < -0.4 is 0 Å². The molecule has 0 rings (SSSR count). The van der Waals surface area contributed by atoms with Gasteiger partial charge in [0.15, 0.2) is 103 Å². The average Bonchev–Trinajstić information content (AvgIpc) is 0.625. The molecule has 0 aliphatic rings. The van der Waals surface area contributed by atoms with Gasteiger partial charge in [0.05, 0.1) is 132 Å². The van der Waals surface area contributed by atoms with Crippen LogP contribution in [-0.2, 0) is 101 Å². The molecule has 0 heterocycles. The summed E-state index contributed by atoms with van der Waals surface area (Å²) in [6.45, 7) is -64.9. The highest BCUT2D eigenvalue weighted by molar-refractivity contribution is 6.41. The summed E-state index contributed by atoms with van der Waals surface area (Å²) in [5.41, 5.74) is -78.4. The van der Waals surface area contributed by atoms with E-state index in [9.17, 15) is 204 Å².